The zero-order valence-corrected chi connectivity index (χ0v) is 8.66. The van der Waals surface area contributed by atoms with Gasteiger partial charge in [0.15, 0.2) is 0 Å². The molecule has 16 heavy (non-hydrogen) atoms. The molecular formula is C13H11F2N. The Morgan fingerprint density at radius 1 is 0.875 bits per heavy atom. The van der Waals surface area contributed by atoms with Crippen LogP contribution in [0, 0.1) is 11.8 Å². The highest BCUT2D eigenvalue weighted by atomic mass is 19.1. The van der Waals surface area contributed by atoms with Crippen molar-refractivity contribution in [2.24, 2.45) is 0 Å². The molecule has 0 saturated carbocycles. The molecule has 0 aliphatic rings. The highest BCUT2D eigenvalue weighted by Gasteiger charge is 1.98. The predicted molar refractivity (Wildman–Crippen MR) is 58.0 cm³/mol. The van der Waals surface area contributed by atoms with Crippen LogP contribution in [0.2, 0.25) is 0 Å². The summed E-state index contributed by atoms with van der Waals surface area (Å²) in [5.74, 6) is -0.699. The summed E-state index contributed by atoms with van der Waals surface area (Å²) in [6, 6.07) is 9.56. The molecule has 82 valence electrons. The molecule has 0 aliphatic carbocycles. The lowest BCUT2D eigenvalue weighted by Crippen LogP contribution is -1.93. The van der Waals surface area contributed by atoms with Crippen LogP contribution in [0.15, 0.2) is 42.6 Å². The van der Waals surface area contributed by atoms with Crippen LogP contribution in [-0.2, 0) is 12.8 Å². The van der Waals surface area contributed by atoms with E-state index in [1.807, 2.05) is 0 Å². The van der Waals surface area contributed by atoms with Gasteiger partial charge in [-0.3, -0.25) is 0 Å². The molecule has 1 aromatic carbocycles. The summed E-state index contributed by atoms with van der Waals surface area (Å²) in [4.78, 5) is 3.49. The molecule has 0 N–H and O–H groups in total. The van der Waals surface area contributed by atoms with Crippen molar-refractivity contribution < 1.29 is 8.78 Å². The molecule has 0 amide bonds. The van der Waals surface area contributed by atoms with Crippen LogP contribution < -0.4 is 0 Å². The monoisotopic (exact) mass is 219 g/mol. The second kappa shape index (κ2) is 4.84. The second-order valence-corrected chi connectivity index (χ2v) is 3.61. The van der Waals surface area contributed by atoms with Crippen molar-refractivity contribution in [3.05, 3.63) is 65.5 Å². The van der Waals surface area contributed by atoms with Gasteiger partial charge in [-0.05, 0) is 48.2 Å². The third-order valence-electron chi connectivity index (χ3n) is 2.41. The van der Waals surface area contributed by atoms with Crippen LogP contribution >= 0.6 is 0 Å². The number of aryl methyl sites for hydroxylation is 2. The molecule has 2 rings (SSSR count). The SMILES string of the molecule is Fc1ccc(CCc2ccnc(F)c2)cc1. The van der Waals surface area contributed by atoms with Crippen molar-refractivity contribution in [1.29, 1.82) is 0 Å². The highest BCUT2D eigenvalue weighted by Crippen LogP contribution is 2.08. The Morgan fingerprint density at radius 3 is 2.25 bits per heavy atom. The maximum absolute atomic E-state index is 12.8. The first-order valence-electron chi connectivity index (χ1n) is 5.09. The predicted octanol–water partition coefficient (Wildman–Crippen LogP) is 3.15. The van der Waals surface area contributed by atoms with Crippen LogP contribution in [0.5, 0.6) is 0 Å². The molecule has 1 nitrogen and oxygen atoms in total. The minimum atomic E-state index is -0.461. The quantitative estimate of drug-likeness (QED) is 0.723. The van der Waals surface area contributed by atoms with Gasteiger partial charge in [-0.2, -0.15) is 4.39 Å². The van der Waals surface area contributed by atoms with Gasteiger partial charge >= 0.3 is 0 Å². The van der Waals surface area contributed by atoms with E-state index < -0.39 is 5.95 Å². The van der Waals surface area contributed by atoms with Crippen LogP contribution in [-0.4, -0.2) is 4.98 Å². The minimum Gasteiger partial charge on any atom is -0.228 e. The van der Waals surface area contributed by atoms with Gasteiger partial charge in [0.1, 0.15) is 5.82 Å². The number of pyridine rings is 1. The molecule has 0 atom stereocenters. The number of rotatable bonds is 3. The van der Waals surface area contributed by atoms with E-state index in [1.54, 1.807) is 18.2 Å². The maximum atomic E-state index is 12.8. The molecule has 0 saturated heterocycles. The summed E-state index contributed by atoms with van der Waals surface area (Å²) in [6.07, 6.45) is 2.95. The number of aromatic nitrogens is 1. The average molecular weight is 219 g/mol. The van der Waals surface area contributed by atoms with Gasteiger partial charge < -0.3 is 0 Å². The van der Waals surface area contributed by atoms with Crippen molar-refractivity contribution in [3.63, 3.8) is 0 Å². The van der Waals surface area contributed by atoms with Gasteiger partial charge in [0.05, 0.1) is 0 Å². The van der Waals surface area contributed by atoms with Gasteiger partial charge in [0.2, 0.25) is 5.95 Å². The molecule has 2 aromatic rings. The van der Waals surface area contributed by atoms with Crippen molar-refractivity contribution in [1.82, 2.24) is 4.98 Å². The van der Waals surface area contributed by atoms with E-state index in [2.05, 4.69) is 4.98 Å². The standard InChI is InChI=1S/C13H11F2N/c14-12-5-3-10(4-6-12)1-2-11-7-8-16-13(15)9-11/h3-9H,1-2H2. The molecule has 0 fully saturated rings. The largest absolute Gasteiger partial charge is 0.228 e. The Morgan fingerprint density at radius 2 is 1.56 bits per heavy atom. The normalized spacial score (nSPS) is 10.4. The van der Waals surface area contributed by atoms with Gasteiger partial charge in [-0.15, -0.1) is 0 Å². The molecule has 3 heteroatoms. The number of hydrogen-bond acceptors (Lipinski definition) is 1. The number of hydrogen-bond donors (Lipinski definition) is 0. The fraction of sp³-hybridized carbons (Fsp3) is 0.154. The molecule has 1 aromatic heterocycles. The Hall–Kier alpha value is -1.77. The van der Waals surface area contributed by atoms with E-state index in [9.17, 15) is 8.78 Å². The van der Waals surface area contributed by atoms with Crippen LogP contribution in [0.4, 0.5) is 8.78 Å². The summed E-state index contributed by atoms with van der Waals surface area (Å²) < 4.78 is 25.4. The first-order chi connectivity index (χ1) is 7.74. The summed E-state index contributed by atoms with van der Waals surface area (Å²) in [7, 11) is 0. The zero-order chi connectivity index (χ0) is 11.4. The Labute approximate surface area is 92.8 Å². The smallest absolute Gasteiger partial charge is 0.213 e. The van der Waals surface area contributed by atoms with E-state index in [1.165, 1.54) is 24.4 Å². The lowest BCUT2D eigenvalue weighted by atomic mass is 10.1. The first kappa shape index (κ1) is 10.7. The lowest BCUT2D eigenvalue weighted by Gasteiger charge is -2.01. The fourth-order valence-corrected chi connectivity index (χ4v) is 1.54. The van der Waals surface area contributed by atoms with Crippen LogP contribution in [0.25, 0.3) is 0 Å². The molecule has 0 spiro atoms. The molecule has 0 aliphatic heterocycles. The van der Waals surface area contributed by atoms with Crippen molar-refractivity contribution in [2.75, 3.05) is 0 Å². The number of nitrogens with zero attached hydrogens (tertiary/aromatic N) is 1. The van der Waals surface area contributed by atoms with E-state index in [0.29, 0.717) is 0 Å². The molecule has 1 heterocycles. The van der Waals surface area contributed by atoms with E-state index >= 15 is 0 Å². The fourth-order valence-electron chi connectivity index (χ4n) is 1.54. The van der Waals surface area contributed by atoms with Crippen LogP contribution in [0.3, 0.4) is 0 Å². The van der Waals surface area contributed by atoms with Crippen molar-refractivity contribution in [3.8, 4) is 0 Å². The van der Waals surface area contributed by atoms with Gasteiger partial charge in [-0.25, -0.2) is 9.37 Å². The van der Waals surface area contributed by atoms with Gasteiger partial charge in [0.25, 0.3) is 0 Å². The van der Waals surface area contributed by atoms with Crippen molar-refractivity contribution >= 4 is 0 Å². The molecule has 0 unspecified atom stereocenters. The number of halogens is 2. The van der Waals surface area contributed by atoms with Gasteiger partial charge in [-0.1, -0.05) is 12.1 Å². The summed E-state index contributed by atoms with van der Waals surface area (Å²) in [6.45, 7) is 0. The van der Waals surface area contributed by atoms with Gasteiger partial charge in [0, 0.05) is 6.20 Å². The Kier molecular flexibility index (Phi) is 3.25. The lowest BCUT2D eigenvalue weighted by molar-refractivity contribution is 0.581. The summed E-state index contributed by atoms with van der Waals surface area (Å²) >= 11 is 0. The van der Waals surface area contributed by atoms with Crippen LogP contribution in [0.1, 0.15) is 11.1 Å². The Balaban J connectivity index is 1.99. The maximum Gasteiger partial charge on any atom is 0.213 e. The van der Waals surface area contributed by atoms with E-state index in [4.69, 9.17) is 0 Å². The third-order valence-corrected chi connectivity index (χ3v) is 2.41. The first-order valence-corrected chi connectivity index (χ1v) is 5.09. The number of benzene rings is 1. The highest BCUT2D eigenvalue weighted by molar-refractivity contribution is 5.19. The second-order valence-electron chi connectivity index (χ2n) is 3.61. The Bertz CT molecular complexity index is 466. The zero-order valence-electron chi connectivity index (χ0n) is 8.66. The van der Waals surface area contributed by atoms with E-state index in [-0.39, 0.29) is 5.82 Å². The average Bonchev–Trinajstić information content (AvgIpc) is 2.28. The summed E-state index contributed by atoms with van der Waals surface area (Å²) in [5, 5.41) is 0. The van der Waals surface area contributed by atoms with E-state index in [0.717, 1.165) is 24.0 Å². The van der Waals surface area contributed by atoms with Crippen molar-refractivity contribution in [2.45, 2.75) is 12.8 Å². The molecular weight excluding hydrogens is 208 g/mol. The minimum absolute atomic E-state index is 0.237. The molecule has 0 bridgehead atoms. The molecule has 0 radical (unpaired) electrons. The third kappa shape index (κ3) is 2.86. The topological polar surface area (TPSA) is 12.9 Å². The summed E-state index contributed by atoms with van der Waals surface area (Å²) in [5.41, 5.74) is 1.94.